The van der Waals surface area contributed by atoms with Crippen LogP contribution in [0.25, 0.3) is 5.00 Å². The largest absolute Gasteiger partial charge is 0.323 e. The molecule has 4 heterocycles. The van der Waals surface area contributed by atoms with Crippen molar-refractivity contribution in [2.24, 2.45) is 0 Å². The van der Waals surface area contributed by atoms with Gasteiger partial charge in [0.2, 0.25) is 0 Å². The van der Waals surface area contributed by atoms with E-state index in [9.17, 15) is 9.18 Å². The third-order valence-corrected chi connectivity index (χ3v) is 8.97. The van der Waals surface area contributed by atoms with Crippen LogP contribution in [0, 0.1) is 5.82 Å². The number of carbonyl (C=O) groups is 1. The SMILES string of the molecule is O=C(Nc1ccc(F)c(Cl)c1)N1Cc2c(sc3c2CCCC3)-n2cccc2[C@@H]1c1cccs1. The number of fused-ring (bicyclic) bond motifs is 5. The van der Waals surface area contributed by atoms with E-state index in [2.05, 4.69) is 34.3 Å². The lowest BCUT2D eigenvalue weighted by Crippen LogP contribution is -2.37. The molecule has 1 aliphatic heterocycles. The molecule has 6 rings (SSSR count). The van der Waals surface area contributed by atoms with Crippen molar-refractivity contribution in [3.8, 4) is 5.00 Å². The summed E-state index contributed by atoms with van der Waals surface area (Å²) in [7, 11) is 0. The number of anilines is 1. The van der Waals surface area contributed by atoms with Crippen LogP contribution in [0.15, 0.2) is 54.0 Å². The number of nitrogens with zero attached hydrogens (tertiary/aromatic N) is 2. The number of aryl methyl sites for hydroxylation is 1. The molecule has 1 aromatic carbocycles. The van der Waals surface area contributed by atoms with Crippen molar-refractivity contribution in [2.45, 2.75) is 38.3 Å². The Hall–Kier alpha value is -2.61. The molecular formula is C25H21ClFN3OS2. The molecule has 0 spiro atoms. The second-order valence-corrected chi connectivity index (χ2v) is 10.9. The van der Waals surface area contributed by atoms with Gasteiger partial charge in [0.05, 0.1) is 17.3 Å². The molecule has 4 aromatic rings. The molecule has 2 amide bonds. The minimum absolute atomic E-state index is 0.0125. The zero-order valence-corrected chi connectivity index (χ0v) is 20.1. The van der Waals surface area contributed by atoms with Gasteiger partial charge < -0.3 is 14.8 Å². The molecule has 0 saturated heterocycles. The summed E-state index contributed by atoms with van der Waals surface area (Å²) in [6.45, 7) is 0.520. The summed E-state index contributed by atoms with van der Waals surface area (Å²) in [5.41, 5.74) is 4.21. The van der Waals surface area contributed by atoms with E-state index in [1.54, 1.807) is 11.3 Å². The monoisotopic (exact) mass is 497 g/mol. The lowest BCUT2D eigenvalue weighted by atomic mass is 9.95. The van der Waals surface area contributed by atoms with E-state index in [1.807, 2.05) is 27.7 Å². The van der Waals surface area contributed by atoms with Crippen molar-refractivity contribution in [1.82, 2.24) is 9.47 Å². The summed E-state index contributed by atoms with van der Waals surface area (Å²) in [4.78, 5) is 18.2. The maximum atomic E-state index is 13.7. The van der Waals surface area contributed by atoms with Crippen molar-refractivity contribution < 1.29 is 9.18 Å². The normalized spacial score (nSPS) is 17.2. The Bertz CT molecular complexity index is 1340. The fourth-order valence-electron chi connectivity index (χ4n) is 4.90. The Morgan fingerprint density at radius 2 is 2.00 bits per heavy atom. The lowest BCUT2D eigenvalue weighted by molar-refractivity contribution is 0.195. The third-order valence-electron chi connectivity index (χ3n) is 6.42. The highest BCUT2D eigenvalue weighted by molar-refractivity contribution is 7.15. The first-order valence-electron chi connectivity index (χ1n) is 11.0. The van der Waals surface area contributed by atoms with Crippen molar-refractivity contribution in [3.05, 3.63) is 91.5 Å². The van der Waals surface area contributed by atoms with Crippen molar-refractivity contribution in [3.63, 3.8) is 0 Å². The number of benzene rings is 1. The molecule has 4 nitrogen and oxygen atoms in total. The first-order valence-corrected chi connectivity index (χ1v) is 13.0. The molecule has 0 bridgehead atoms. The highest BCUT2D eigenvalue weighted by atomic mass is 35.5. The van der Waals surface area contributed by atoms with Gasteiger partial charge in [-0.1, -0.05) is 17.7 Å². The number of hydrogen-bond acceptors (Lipinski definition) is 3. The third kappa shape index (κ3) is 3.59. The van der Waals surface area contributed by atoms with E-state index >= 15 is 0 Å². The Kier molecular flexibility index (Phi) is 5.28. The molecule has 1 N–H and O–H groups in total. The molecule has 1 aliphatic carbocycles. The first kappa shape index (κ1) is 21.0. The van der Waals surface area contributed by atoms with Crippen LogP contribution in [0.2, 0.25) is 5.02 Å². The molecule has 2 aliphatic rings. The van der Waals surface area contributed by atoms with E-state index in [-0.39, 0.29) is 17.1 Å². The molecular weight excluding hydrogens is 477 g/mol. The summed E-state index contributed by atoms with van der Waals surface area (Å²) < 4.78 is 15.9. The average molecular weight is 498 g/mol. The number of halogens is 2. The average Bonchev–Trinajstić information content (AvgIpc) is 3.56. The van der Waals surface area contributed by atoms with Crippen LogP contribution in [-0.4, -0.2) is 15.5 Å². The van der Waals surface area contributed by atoms with Crippen LogP contribution in [-0.2, 0) is 19.4 Å². The molecule has 1 atom stereocenters. The zero-order valence-electron chi connectivity index (χ0n) is 17.7. The van der Waals surface area contributed by atoms with E-state index in [0.29, 0.717) is 12.2 Å². The maximum absolute atomic E-state index is 13.7. The fraction of sp³-hybridized carbons (Fsp3) is 0.240. The summed E-state index contributed by atoms with van der Waals surface area (Å²) >= 11 is 9.48. The first-order chi connectivity index (χ1) is 16.1. The Balaban J connectivity index is 1.47. The van der Waals surface area contributed by atoms with Gasteiger partial charge in [0.15, 0.2) is 0 Å². The van der Waals surface area contributed by atoms with Crippen LogP contribution in [0.4, 0.5) is 14.9 Å². The summed E-state index contributed by atoms with van der Waals surface area (Å²) in [5.74, 6) is -0.506. The van der Waals surface area contributed by atoms with Crippen LogP contribution in [0.3, 0.4) is 0 Å². The van der Waals surface area contributed by atoms with Gasteiger partial charge in [-0.15, -0.1) is 22.7 Å². The standard InChI is InChI=1S/C25H21ClFN3OS2/c26-18-13-15(9-10-19(18)27)28-25(31)30-14-17-16-5-1-2-7-21(16)33-24(17)29-11-3-6-20(29)23(30)22-8-4-12-32-22/h3-4,6,8-13,23H,1-2,5,7,14H2,(H,28,31)/t23-/m1/s1. The van der Waals surface area contributed by atoms with E-state index in [4.69, 9.17) is 11.6 Å². The topological polar surface area (TPSA) is 37.3 Å². The number of hydrogen-bond donors (Lipinski definition) is 1. The lowest BCUT2D eigenvalue weighted by Gasteiger charge is -2.30. The fourth-order valence-corrected chi connectivity index (χ4v) is 7.33. The van der Waals surface area contributed by atoms with E-state index in [0.717, 1.165) is 23.4 Å². The highest BCUT2D eigenvalue weighted by Crippen LogP contribution is 2.44. The number of rotatable bonds is 2. The summed E-state index contributed by atoms with van der Waals surface area (Å²) in [6.07, 6.45) is 6.68. The quantitative estimate of drug-likeness (QED) is 0.307. The maximum Gasteiger partial charge on any atom is 0.323 e. The van der Waals surface area contributed by atoms with Gasteiger partial charge in [-0.2, -0.15) is 0 Å². The number of nitrogens with one attached hydrogen (secondary N) is 1. The molecule has 0 unspecified atom stereocenters. The predicted octanol–water partition coefficient (Wildman–Crippen LogP) is 7.41. The number of carbonyl (C=O) groups excluding carboxylic acids is 1. The van der Waals surface area contributed by atoms with Gasteiger partial charge in [-0.25, -0.2) is 9.18 Å². The number of amides is 2. The van der Waals surface area contributed by atoms with Gasteiger partial charge in [-0.3, -0.25) is 0 Å². The second-order valence-electron chi connectivity index (χ2n) is 8.40. The van der Waals surface area contributed by atoms with Crippen molar-refractivity contribution in [2.75, 3.05) is 5.32 Å². The van der Waals surface area contributed by atoms with Gasteiger partial charge in [0, 0.05) is 27.2 Å². The van der Waals surface area contributed by atoms with Gasteiger partial charge in [0.1, 0.15) is 16.9 Å². The van der Waals surface area contributed by atoms with Crippen molar-refractivity contribution in [1.29, 1.82) is 0 Å². The van der Waals surface area contributed by atoms with E-state index in [1.165, 1.54) is 52.0 Å². The van der Waals surface area contributed by atoms with Gasteiger partial charge in [-0.05, 0) is 73.0 Å². The number of thiophene rings is 2. The minimum Gasteiger partial charge on any atom is -0.310 e. The highest BCUT2D eigenvalue weighted by Gasteiger charge is 2.36. The molecule has 168 valence electrons. The summed E-state index contributed by atoms with van der Waals surface area (Å²) in [5, 5.41) is 6.22. The smallest absolute Gasteiger partial charge is 0.310 e. The molecule has 0 radical (unpaired) electrons. The Morgan fingerprint density at radius 3 is 2.82 bits per heavy atom. The molecule has 0 saturated carbocycles. The molecule has 33 heavy (non-hydrogen) atoms. The van der Waals surface area contributed by atoms with Gasteiger partial charge >= 0.3 is 6.03 Å². The van der Waals surface area contributed by atoms with Crippen LogP contribution in [0.5, 0.6) is 0 Å². The Labute approximate surface area is 204 Å². The second kappa shape index (κ2) is 8.31. The molecule has 3 aromatic heterocycles. The van der Waals surface area contributed by atoms with Gasteiger partial charge in [0.25, 0.3) is 0 Å². The zero-order chi connectivity index (χ0) is 22.5. The van der Waals surface area contributed by atoms with E-state index < -0.39 is 5.82 Å². The minimum atomic E-state index is -0.506. The molecule has 8 heteroatoms. The van der Waals surface area contributed by atoms with Crippen LogP contribution in [0.1, 0.15) is 45.5 Å². The van der Waals surface area contributed by atoms with Crippen LogP contribution < -0.4 is 5.32 Å². The summed E-state index contributed by atoms with van der Waals surface area (Å²) in [6, 6.07) is 12.1. The van der Waals surface area contributed by atoms with Crippen LogP contribution >= 0.6 is 34.3 Å². The van der Waals surface area contributed by atoms with Crippen molar-refractivity contribution >= 4 is 46.0 Å². The molecule has 0 fully saturated rings. The number of urea groups is 1. The Morgan fingerprint density at radius 1 is 1.12 bits per heavy atom. The number of aromatic nitrogens is 1. The predicted molar refractivity (Wildman–Crippen MR) is 132 cm³/mol.